The second-order valence-electron chi connectivity index (χ2n) is 13.4. The number of aliphatic hydroxyl groups excluding tert-OH is 1. The van der Waals surface area contributed by atoms with Crippen molar-refractivity contribution in [2.45, 2.75) is 42.3 Å². The van der Waals surface area contributed by atoms with Gasteiger partial charge in [-0.15, -0.1) is 0 Å². The van der Waals surface area contributed by atoms with Gasteiger partial charge in [0.15, 0.2) is 5.54 Å². The van der Waals surface area contributed by atoms with E-state index in [1.807, 2.05) is 30.0 Å². The number of aromatic nitrogens is 1. The lowest BCUT2D eigenvalue weighted by Crippen LogP contribution is -2.59. The SMILES string of the molecule is COc1ccc(S(=O)(=O)N2C(=O)C(c3cc(CN4CCN(CCO)CC4)ccc3OC)(N3CCCC3(C)c3ncco3)c3cc(Cl)ccc32)cc1. The van der Waals surface area contributed by atoms with Crippen LogP contribution in [0, 0.1) is 0 Å². The second kappa shape index (κ2) is 13.9. The van der Waals surface area contributed by atoms with Crippen molar-refractivity contribution in [2.75, 3.05) is 64.4 Å². The first-order valence-electron chi connectivity index (χ1n) is 17.0. The quantitative estimate of drug-likeness (QED) is 0.235. The molecule has 1 aromatic heterocycles. The van der Waals surface area contributed by atoms with Crippen LogP contribution in [0.3, 0.4) is 0 Å². The van der Waals surface area contributed by atoms with Gasteiger partial charge in [0.2, 0.25) is 5.89 Å². The second-order valence-corrected chi connectivity index (χ2v) is 15.6. The summed E-state index contributed by atoms with van der Waals surface area (Å²) in [7, 11) is -1.40. The van der Waals surface area contributed by atoms with E-state index in [0.29, 0.717) is 66.0 Å². The summed E-state index contributed by atoms with van der Waals surface area (Å²) in [6.07, 6.45) is 4.37. The van der Waals surface area contributed by atoms with Crippen LogP contribution in [0.15, 0.2) is 82.4 Å². The van der Waals surface area contributed by atoms with E-state index in [4.69, 9.17) is 25.5 Å². The molecule has 270 valence electrons. The molecule has 3 aromatic carbocycles. The molecular formula is C37H42ClN5O7S. The van der Waals surface area contributed by atoms with Gasteiger partial charge in [0, 0.05) is 62.0 Å². The minimum atomic E-state index is -4.45. The van der Waals surface area contributed by atoms with Crippen molar-refractivity contribution >= 4 is 33.2 Å². The van der Waals surface area contributed by atoms with Crippen molar-refractivity contribution in [1.29, 1.82) is 0 Å². The molecule has 0 spiro atoms. The molecule has 3 aliphatic heterocycles. The standard InChI is InChI=1S/C37H42ClN5O7S/c1-36(34-39-14-22-50-34)13-4-15-42(36)37(31-23-26(5-12-33(31)49-3)25-41-18-16-40(17-19-41)20-21-44)30-24-27(38)6-11-32(30)43(35(37)45)51(46,47)29-9-7-28(48-2)8-10-29/h5-12,14,22-24,44H,4,13,15-21,25H2,1-3H3. The Morgan fingerprint density at radius 1 is 0.941 bits per heavy atom. The number of anilines is 1. The molecule has 0 radical (unpaired) electrons. The van der Waals surface area contributed by atoms with Crippen LogP contribution in [-0.4, -0.2) is 99.2 Å². The number of amides is 1. The summed E-state index contributed by atoms with van der Waals surface area (Å²) in [6.45, 7) is 7.05. The Labute approximate surface area is 303 Å². The molecule has 1 N–H and O–H groups in total. The number of rotatable bonds is 11. The largest absolute Gasteiger partial charge is 0.497 e. The zero-order valence-corrected chi connectivity index (χ0v) is 30.5. The van der Waals surface area contributed by atoms with E-state index < -0.39 is 27.0 Å². The molecule has 0 saturated carbocycles. The lowest BCUT2D eigenvalue weighted by Gasteiger charge is -2.46. The van der Waals surface area contributed by atoms with Gasteiger partial charge in [0.1, 0.15) is 17.8 Å². The molecular weight excluding hydrogens is 694 g/mol. The minimum Gasteiger partial charge on any atom is -0.497 e. The summed E-state index contributed by atoms with van der Waals surface area (Å²) in [4.78, 5) is 26.8. The number of carbonyl (C=O) groups is 1. The highest BCUT2D eigenvalue weighted by molar-refractivity contribution is 7.93. The first-order valence-corrected chi connectivity index (χ1v) is 18.8. The summed E-state index contributed by atoms with van der Waals surface area (Å²) in [5, 5.41) is 9.76. The molecule has 3 aliphatic rings. The van der Waals surface area contributed by atoms with Crippen molar-refractivity contribution in [2.24, 2.45) is 0 Å². The number of piperazine rings is 1. The predicted octanol–water partition coefficient (Wildman–Crippen LogP) is 4.45. The molecule has 2 atom stereocenters. The lowest BCUT2D eigenvalue weighted by atomic mass is 9.78. The van der Waals surface area contributed by atoms with E-state index in [-0.39, 0.29) is 17.2 Å². The third kappa shape index (κ3) is 5.89. The van der Waals surface area contributed by atoms with Gasteiger partial charge >= 0.3 is 0 Å². The highest BCUT2D eigenvalue weighted by atomic mass is 35.5. The number of fused-ring (bicyclic) bond motifs is 1. The number of ether oxygens (including phenoxy) is 2. The van der Waals surface area contributed by atoms with Crippen molar-refractivity contribution < 1.29 is 32.2 Å². The van der Waals surface area contributed by atoms with Gasteiger partial charge in [-0.25, -0.2) is 17.7 Å². The Morgan fingerprint density at radius 3 is 2.35 bits per heavy atom. The maximum Gasteiger partial charge on any atom is 0.271 e. The summed E-state index contributed by atoms with van der Waals surface area (Å²) in [5.74, 6) is 0.654. The number of benzene rings is 3. The first-order chi connectivity index (χ1) is 24.6. The third-order valence-electron chi connectivity index (χ3n) is 10.5. The van der Waals surface area contributed by atoms with Crippen LogP contribution in [-0.2, 0) is 32.4 Å². The number of halogens is 1. The van der Waals surface area contributed by atoms with E-state index in [0.717, 1.165) is 36.0 Å². The fourth-order valence-corrected chi connectivity index (χ4v) is 9.66. The molecule has 0 aliphatic carbocycles. The summed E-state index contributed by atoms with van der Waals surface area (Å²) < 4.78 is 47.6. The van der Waals surface area contributed by atoms with E-state index in [1.54, 1.807) is 43.6 Å². The van der Waals surface area contributed by atoms with Crippen LogP contribution in [0.1, 0.15) is 42.3 Å². The van der Waals surface area contributed by atoms with Crippen LogP contribution in [0.4, 0.5) is 5.69 Å². The number of methoxy groups -OCH3 is 2. The zero-order valence-electron chi connectivity index (χ0n) is 28.9. The van der Waals surface area contributed by atoms with E-state index in [9.17, 15) is 13.5 Å². The summed E-state index contributed by atoms with van der Waals surface area (Å²) in [5.41, 5.74) is -0.574. The fourth-order valence-electron chi connectivity index (χ4n) is 8.02. The average molecular weight is 736 g/mol. The summed E-state index contributed by atoms with van der Waals surface area (Å²) >= 11 is 6.74. The Bertz CT molecular complexity index is 2000. The van der Waals surface area contributed by atoms with Crippen molar-refractivity contribution in [3.8, 4) is 11.5 Å². The smallest absolute Gasteiger partial charge is 0.271 e. The molecule has 4 heterocycles. The average Bonchev–Trinajstić information content (AvgIpc) is 3.87. The number of oxazole rings is 1. The predicted molar refractivity (Wildman–Crippen MR) is 191 cm³/mol. The fraction of sp³-hybridized carbons (Fsp3) is 0.405. The number of hydrogen-bond donors (Lipinski definition) is 1. The minimum absolute atomic E-state index is 0.0636. The topological polar surface area (TPSA) is 129 Å². The number of carbonyl (C=O) groups excluding carboxylic acids is 1. The Balaban J connectivity index is 1.44. The van der Waals surface area contributed by atoms with Gasteiger partial charge in [0.05, 0.1) is 43.1 Å². The van der Waals surface area contributed by atoms with Gasteiger partial charge < -0.3 is 19.0 Å². The maximum absolute atomic E-state index is 15.7. The van der Waals surface area contributed by atoms with Gasteiger partial charge in [-0.2, -0.15) is 0 Å². The Kier molecular flexibility index (Phi) is 9.63. The number of nitrogens with zero attached hydrogens (tertiary/aromatic N) is 5. The number of likely N-dealkylation sites (tertiary alicyclic amines) is 1. The molecule has 4 aromatic rings. The number of β-amino-alcohol motifs (C(OH)–C–C–N with tert-alkyl or cyclic N) is 1. The molecule has 0 bridgehead atoms. The lowest BCUT2D eigenvalue weighted by molar-refractivity contribution is -0.130. The molecule has 2 saturated heterocycles. The zero-order chi connectivity index (χ0) is 36.0. The van der Waals surface area contributed by atoms with Gasteiger partial charge in [0.25, 0.3) is 15.9 Å². The van der Waals surface area contributed by atoms with Crippen molar-refractivity contribution in [3.63, 3.8) is 0 Å². The van der Waals surface area contributed by atoms with Gasteiger partial charge in [-0.3, -0.25) is 19.5 Å². The van der Waals surface area contributed by atoms with Crippen LogP contribution in [0.25, 0.3) is 0 Å². The molecule has 2 unspecified atom stereocenters. The number of aliphatic hydroxyl groups is 1. The molecule has 7 rings (SSSR count). The first kappa shape index (κ1) is 35.4. The molecule has 1 amide bonds. The van der Waals surface area contributed by atoms with Gasteiger partial charge in [-0.05, 0) is 79.9 Å². The van der Waals surface area contributed by atoms with Crippen LogP contribution in [0.5, 0.6) is 11.5 Å². The molecule has 14 heteroatoms. The number of hydrogen-bond acceptors (Lipinski definition) is 11. The maximum atomic E-state index is 15.7. The van der Waals surface area contributed by atoms with E-state index >= 15 is 4.79 Å². The van der Waals surface area contributed by atoms with Crippen molar-refractivity contribution in [1.82, 2.24) is 19.7 Å². The normalized spacial score (nSPS) is 23.2. The Morgan fingerprint density at radius 2 is 1.69 bits per heavy atom. The highest BCUT2D eigenvalue weighted by Crippen LogP contribution is 2.58. The van der Waals surface area contributed by atoms with Crippen molar-refractivity contribution in [3.05, 3.63) is 101 Å². The molecule has 12 nitrogen and oxygen atoms in total. The highest BCUT2D eigenvalue weighted by Gasteiger charge is 2.65. The van der Waals surface area contributed by atoms with E-state index in [1.165, 1.54) is 25.5 Å². The molecule has 2 fully saturated rings. The monoisotopic (exact) mass is 735 g/mol. The van der Waals surface area contributed by atoms with Gasteiger partial charge in [-0.1, -0.05) is 17.7 Å². The Hall–Kier alpha value is -3.98. The van der Waals surface area contributed by atoms with Crippen LogP contribution < -0.4 is 13.8 Å². The van der Waals surface area contributed by atoms with Crippen LogP contribution in [0.2, 0.25) is 5.02 Å². The van der Waals surface area contributed by atoms with Crippen LogP contribution >= 0.6 is 11.6 Å². The number of sulfonamides is 1. The molecule has 51 heavy (non-hydrogen) atoms. The summed E-state index contributed by atoms with van der Waals surface area (Å²) in [6, 6.07) is 16.7. The third-order valence-corrected chi connectivity index (χ3v) is 12.5. The van der Waals surface area contributed by atoms with E-state index in [2.05, 4.69) is 14.8 Å².